The molecule has 1 aliphatic rings. The normalized spacial score (nSPS) is 22.2. The predicted molar refractivity (Wildman–Crippen MR) is 89.2 cm³/mol. The molecule has 136 valence electrons. The molecule has 0 aliphatic heterocycles. The van der Waals surface area contributed by atoms with Crippen molar-refractivity contribution in [2.45, 2.75) is 42.8 Å². The average Bonchev–Trinajstić information content (AvgIpc) is 2.53. The van der Waals surface area contributed by atoms with Gasteiger partial charge in [-0.2, -0.15) is 22.0 Å². The first kappa shape index (κ1) is 18.4. The Balaban J connectivity index is 1.72. The monoisotopic (exact) mass is 422 g/mol. The van der Waals surface area contributed by atoms with E-state index in [1.165, 1.54) is 12.1 Å². The van der Waals surface area contributed by atoms with Gasteiger partial charge in [0.05, 0.1) is 12.0 Å². The lowest BCUT2D eigenvalue weighted by Gasteiger charge is -2.30. The molecule has 0 spiro atoms. The molecule has 1 aliphatic carbocycles. The van der Waals surface area contributed by atoms with Crippen molar-refractivity contribution < 1.29 is 26.7 Å². The Bertz CT molecular complexity index is 745. The first-order valence-electron chi connectivity index (χ1n) is 7.97. The quantitative estimate of drug-likeness (QED) is 0.391. The Morgan fingerprint density at radius 3 is 2.08 bits per heavy atom. The van der Waals surface area contributed by atoms with Crippen LogP contribution in [0.2, 0.25) is 0 Å². The van der Waals surface area contributed by atoms with Gasteiger partial charge in [0.25, 0.3) is 0 Å². The van der Waals surface area contributed by atoms with Gasteiger partial charge in [0, 0.05) is 5.56 Å². The van der Waals surface area contributed by atoms with Gasteiger partial charge in [-0.05, 0) is 70.6 Å². The summed E-state index contributed by atoms with van der Waals surface area (Å²) in [5.74, 6) is -0.773. The summed E-state index contributed by atoms with van der Waals surface area (Å²) in [6, 6.07) is 9.42. The minimum atomic E-state index is -4.15. The maximum atomic E-state index is 13.4. The number of rotatable bonds is 3. The van der Waals surface area contributed by atoms with E-state index in [2.05, 4.69) is 15.9 Å². The highest BCUT2D eigenvalue weighted by molar-refractivity contribution is 9.09. The summed E-state index contributed by atoms with van der Waals surface area (Å²) in [6.45, 7) is 0. The van der Waals surface area contributed by atoms with Gasteiger partial charge in [-0.3, -0.25) is 0 Å². The zero-order valence-corrected chi connectivity index (χ0v) is 14.7. The lowest BCUT2D eigenvalue weighted by molar-refractivity contribution is -0.185. The van der Waals surface area contributed by atoms with Crippen LogP contribution in [0.5, 0.6) is 5.75 Å². The van der Waals surface area contributed by atoms with Crippen LogP contribution in [0, 0.1) is 5.92 Å². The molecule has 2 aromatic rings. The topological polar surface area (TPSA) is 9.23 Å². The molecule has 0 heterocycles. The van der Waals surface area contributed by atoms with Crippen molar-refractivity contribution in [2.75, 3.05) is 0 Å². The summed E-state index contributed by atoms with van der Waals surface area (Å²) < 4.78 is 70.6. The number of halogens is 6. The Morgan fingerprint density at radius 1 is 0.840 bits per heavy atom. The summed E-state index contributed by atoms with van der Waals surface area (Å²) >= 11 is 2.34. The fourth-order valence-electron chi connectivity index (χ4n) is 3.17. The molecule has 1 nitrogen and oxygen atoms in total. The number of benzene rings is 2. The second-order valence-electron chi connectivity index (χ2n) is 6.35. The molecule has 0 bridgehead atoms. The van der Waals surface area contributed by atoms with Crippen LogP contribution in [0.4, 0.5) is 22.0 Å². The van der Waals surface area contributed by atoms with E-state index in [-0.39, 0.29) is 24.5 Å². The van der Waals surface area contributed by atoms with Gasteiger partial charge in [-0.25, -0.2) is 0 Å². The van der Waals surface area contributed by atoms with Crippen molar-refractivity contribution in [3.63, 3.8) is 0 Å². The summed E-state index contributed by atoms with van der Waals surface area (Å²) in [7, 11) is 0. The highest BCUT2D eigenvalue weighted by Gasteiger charge is 2.41. The highest BCUT2D eigenvalue weighted by atomic mass is 79.9. The first-order chi connectivity index (χ1) is 11.6. The van der Waals surface area contributed by atoms with Crippen LogP contribution >= 0.6 is 15.9 Å². The fourth-order valence-corrected chi connectivity index (χ4v) is 3.42. The number of fused-ring (bicyclic) bond motifs is 1. The van der Waals surface area contributed by atoms with Gasteiger partial charge in [0.1, 0.15) is 5.75 Å². The van der Waals surface area contributed by atoms with E-state index in [1.54, 1.807) is 24.3 Å². The molecule has 25 heavy (non-hydrogen) atoms. The third kappa shape index (κ3) is 4.43. The van der Waals surface area contributed by atoms with Gasteiger partial charge < -0.3 is 4.74 Å². The molecule has 7 heteroatoms. The number of hydrogen-bond donors (Lipinski definition) is 0. The van der Waals surface area contributed by atoms with Crippen LogP contribution in [0.25, 0.3) is 10.8 Å². The van der Waals surface area contributed by atoms with Crippen LogP contribution in [-0.4, -0.2) is 12.3 Å². The third-order valence-corrected chi connectivity index (χ3v) is 5.04. The van der Waals surface area contributed by atoms with E-state index in [0.717, 1.165) is 5.39 Å². The predicted octanol–water partition coefficient (Wildman–Crippen LogP) is 6.78. The molecule has 0 amide bonds. The molecule has 0 radical (unpaired) electrons. The molecule has 0 unspecified atom stereocenters. The van der Waals surface area contributed by atoms with E-state index in [9.17, 15) is 22.0 Å². The summed E-state index contributed by atoms with van der Waals surface area (Å²) in [6.07, 6.45) is -3.64. The van der Waals surface area contributed by atoms with Crippen molar-refractivity contribution in [1.82, 2.24) is 0 Å². The highest BCUT2D eigenvalue weighted by Crippen LogP contribution is 2.39. The Hall–Kier alpha value is -1.37. The first-order valence-corrected chi connectivity index (χ1v) is 8.76. The molecular formula is C18H16BrF5O. The number of alkyl halides is 6. The Labute approximate surface area is 150 Å². The summed E-state index contributed by atoms with van der Waals surface area (Å²) in [5.41, 5.74) is -0.164. The van der Waals surface area contributed by atoms with Crippen molar-refractivity contribution in [1.29, 1.82) is 0 Å². The maximum Gasteiger partial charge on any atom is 0.391 e. The van der Waals surface area contributed by atoms with Crippen molar-refractivity contribution in [2.24, 2.45) is 5.92 Å². The molecule has 1 fully saturated rings. The van der Waals surface area contributed by atoms with Crippen LogP contribution in [-0.2, 0) is 4.83 Å². The summed E-state index contributed by atoms with van der Waals surface area (Å²) in [4.78, 5) is -3.12. The minimum absolute atomic E-state index is 0.0572. The van der Waals surface area contributed by atoms with Crippen LogP contribution in [0.1, 0.15) is 31.2 Å². The van der Waals surface area contributed by atoms with Gasteiger partial charge in [-0.15, -0.1) is 0 Å². The average molecular weight is 423 g/mol. The lowest BCUT2D eigenvalue weighted by atomic mass is 9.87. The zero-order valence-electron chi connectivity index (χ0n) is 13.1. The molecular weight excluding hydrogens is 407 g/mol. The largest absolute Gasteiger partial charge is 0.490 e. The van der Waals surface area contributed by atoms with Gasteiger partial charge in [0.15, 0.2) is 0 Å². The third-order valence-electron chi connectivity index (χ3n) is 4.58. The van der Waals surface area contributed by atoms with Gasteiger partial charge in [-0.1, -0.05) is 18.2 Å². The van der Waals surface area contributed by atoms with Crippen molar-refractivity contribution in [3.8, 4) is 5.75 Å². The second-order valence-corrected chi connectivity index (χ2v) is 7.35. The maximum absolute atomic E-state index is 13.4. The second kappa shape index (κ2) is 6.74. The van der Waals surface area contributed by atoms with E-state index < -0.39 is 16.9 Å². The molecule has 0 N–H and O–H groups in total. The van der Waals surface area contributed by atoms with E-state index in [1.807, 2.05) is 0 Å². The van der Waals surface area contributed by atoms with E-state index in [0.29, 0.717) is 24.0 Å². The molecule has 0 saturated heterocycles. The summed E-state index contributed by atoms with van der Waals surface area (Å²) in [5, 5.41) is 1.38. The van der Waals surface area contributed by atoms with E-state index in [4.69, 9.17) is 4.74 Å². The van der Waals surface area contributed by atoms with Crippen LogP contribution < -0.4 is 4.74 Å². The van der Waals surface area contributed by atoms with Crippen LogP contribution in [0.3, 0.4) is 0 Å². The minimum Gasteiger partial charge on any atom is -0.490 e. The molecule has 0 atom stereocenters. The molecule has 1 saturated carbocycles. The SMILES string of the molecule is FC(F)(Br)c1ccc2ccc(OC3CCC(C(F)(F)F)CC3)cc2c1. The van der Waals surface area contributed by atoms with Crippen molar-refractivity contribution in [3.05, 3.63) is 42.0 Å². The molecule has 2 aromatic carbocycles. The fraction of sp³-hybridized carbons (Fsp3) is 0.444. The van der Waals surface area contributed by atoms with Gasteiger partial charge in [0.2, 0.25) is 0 Å². The van der Waals surface area contributed by atoms with Gasteiger partial charge >= 0.3 is 11.0 Å². The molecule has 0 aromatic heterocycles. The molecule has 3 rings (SSSR count). The number of ether oxygens (including phenoxy) is 1. The Morgan fingerprint density at radius 2 is 1.48 bits per heavy atom. The van der Waals surface area contributed by atoms with Crippen molar-refractivity contribution >= 4 is 26.7 Å². The lowest BCUT2D eigenvalue weighted by Crippen LogP contribution is -2.31. The van der Waals surface area contributed by atoms with E-state index >= 15 is 0 Å². The van der Waals surface area contributed by atoms with Crippen LogP contribution in [0.15, 0.2) is 36.4 Å². The zero-order chi connectivity index (χ0) is 18.2. The number of hydrogen-bond acceptors (Lipinski definition) is 1. The smallest absolute Gasteiger partial charge is 0.391 e. The standard InChI is InChI=1S/C18H16BrF5O/c19-17(20,21)14-3-1-11-2-6-16(10-12(11)9-14)25-15-7-4-13(5-8-15)18(22,23)24/h1-3,6,9-10,13,15H,4-5,7-8H2. The Kier molecular flexibility index (Phi) is 4.97.